The van der Waals surface area contributed by atoms with E-state index in [1.165, 1.54) is 45.6 Å². The predicted octanol–water partition coefficient (Wildman–Crippen LogP) is 2.89. The van der Waals surface area contributed by atoms with Gasteiger partial charge in [0.1, 0.15) is 6.04 Å². The normalized spacial score (nSPS) is 11.8. The number of hydrogen-bond acceptors (Lipinski definition) is 3. The first-order valence-electron chi connectivity index (χ1n) is 7.00. The highest BCUT2D eigenvalue weighted by atomic mass is 16.5. The Labute approximate surface area is 112 Å². The second-order valence-electron chi connectivity index (χ2n) is 4.57. The van der Waals surface area contributed by atoms with Crippen molar-refractivity contribution in [2.45, 2.75) is 64.3 Å². The number of unbranched alkanes of at least 4 members (excludes halogenated alkanes) is 6. The minimum atomic E-state index is -0.248. The van der Waals surface area contributed by atoms with E-state index < -0.39 is 0 Å². The van der Waals surface area contributed by atoms with E-state index in [1.54, 1.807) is 0 Å². The molecule has 0 aliphatic heterocycles. The molecule has 0 aromatic carbocycles. The lowest BCUT2D eigenvalue weighted by Gasteiger charge is -2.14. The van der Waals surface area contributed by atoms with Crippen LogP contribution in [0.2, 0.25) is 0 Å². The summed E-state index contributed by atoms with van der Waals surface area (Å²) in [6.07, 6.45) is 14.7. The molecular formula is C15H27NO2. The summed E-state index contributed by atoms with van der Waals surface area (Å²) in [6.45, 7) is 2.63. The molecule has 0 aromatic rings. The van der Waals surface area contributed by atoms with E-state index in [0.717, 1.165) is 12.8 Å². The van der Waals surface area contributed by atoms with Gasteiger partial charge < -0.3 is 4.74 Å². The molecule has 0 amide bonds. The van der Waals surface area contributed by atoms with E-state index in [9.17, 15) is 4.79 Å². The fourth-order valence-corrected chi connectivity index (χ4v) is 1.93. The Morgan fingerprint density at radius 1 is 1.22 bits per heavy atom. The highest BCUT2D eigenvalue weighted by molar-refractivity contribution is 5.75. The smallest absolute Gasteiger partial charge is 0.322 e. The molecule has 0 saturated carbocycles. The zero-order chi connectivity index (χ0) is 13.6. The summed E-state index contributed by atoms with van der Waals surface area (Å²) >= 11 is 0. The minimum Gasteiger partial charge on any atom is -0.468 e. The van der Waals surface area contributed by atoms with Gasteiger partial charge in [0.15, 0.2) is 0 Å². The molecule has 3 nitrogen and oxygen atoms in total. The average Bonchev–Trinajstić information content (AvgIpc) is 2.40. The highest BCUT2D eigenvalue weighted by Crippen LogP contribution is 2.10. The average molecular weight is 253 g/mol. The van der Waals surface area contributed by atoms with Gasteiger partial charge in [-0.05, 0) is 6.42 Å². The van der Waals surface area contributed by atoms with Gasteiger partial charge in [-0.15, -0.1) is 6.42 Å². The minimum absolute atomic E-state index is 0.212. The van der Waals surface area contributed by atoms with Gasteiger partial charge in [0.05, 0.1) is 13.7 Å². The maximum atomic E-state index is 11.5. The van der Waals surface area contributed by atoms with Crippen LogP contribution in [0.15, 0.2) is 0 Å². The number of ether oxygens (including phenoxy) is 1. The number of methoxy groups -OCH3 is 1. The number of carbonyl (C=O) groups excluding carboxylic acids is 1. The Kier molecular flexibility index (Phi) is 11.7. The van der Waals surface area contributed by atoms with Gasteiger partial charge in [-0.25, -0.2) is 0 Å². The topological polar surface area (TPSA) is 38.3 Å². The molecule has 0 aliphatic rings. The summed E-state index contributed by atoms with van der Waals surface area (Å²) in [5.41, 5.74) is 0. The van der Waals surface area contributed by atoms with E-state index >= 15 is 0 Å². The Bertz CT molecular complexity index is 245. The second-order valence-corrected chi connectivity index (χ2v) is 4.57. The van der Waals surface area contributed by atoms with Crippen molar-refractivity contribution in [2.24, 2.45) is 0 Å². The second kappa shape index (κ2) is 12.4. The SMILES string of the molecule is C#CCNC(CCCCCCCCC)C(=O)OC. The number of carbonyl (C=O) groups is 1. The first-order valence-corrected chi connectivity index (χ1v) is 7.00. The standard InChI is InChI=1S/C15H27NO2/c1-4-6-7-8-9-10-11-12-14(15(17)18-3)16-13-5-2/h2,14,16H,4,6-13H2,1,3H3. The number of terminal acetylenes is 1. The van der Waals surface area contributed by atoms with Crippen LogP contribution in [0.1, 0.15) is 58.3 Å². The van der Waals surface area contributed by atoms with E-state index in [0.29, 0.717) is 6.54 Å². The molecular weight excluding hydrogens is 226 g/mol. The van der Waals surface area contributed by atoms with Crippen molar-refractivity contribution in [2.75, 3.05) is 13.7 Å². The van der Waals surface area contributed by atoms with Gasteiger partial charge in [0.2, 0.25) is 0 Å². The summed E-state index contributed by atoms with van der Waals surface area (Å²) < 4.78 is 4.75. The van der Waals surface area contributed by atoms with Crippen molar-refractivity contribution in [3.63, 3.8) is 0 Å². The molecule has 0 saturated heterocycles. The van der Waals surface area contributed by atoms with Crippen molar-refractivity contribution < 1.29 is 9.53 Å². The molecule has 0 aliphatic carbocycles. The molecule has 0 radical (unpaired) electrons. The molecule has 0 aromatic heterocycles. The number of nitrogens with one attached hydrogen (secondary N) is 1. The molecule has 1 N–H and O–H groups in total. The van der Waals surface area contributed by atoms with Crippen LogP contribution in [0, 0.1) is 12.3 Å². The zero-order valence-corrected chi connectivity index (χ0v) is 11.8. The van der Waals surface area contributed by atoms with Crippen molar-refractivity contribution in [3.05, 3.63) is 0 Å². The van der Waals surface area contributed by atoms with Gasteiger partial charge in [-0.3, -0.25) is 10.1 Å². The Hall–Kier alpha value is -1.01. The quantitative estimate of drug-likeness (QED) is 0.349. The van der Waals surface area contributed by atoms with Crippen LogP contribution < -0.4 is 5.32 Å². The van der Waals surface area contributed by atoms with Gasteiger partial charge in [0.25, 0.3) is 0 Å². The maximum absolute atomic E-state index is 11.5. The third-order valence-corrected chi connectivity index (χ3v) is 3.03. The Balaban J connectivity index is 3.63. The van der Waals surface area contributed by atoms with Gasteiger partial charge in [0, 0.05) is 0 Å². The molecule has 0 fully saturated rings. The number of rotatable bonds is 11. The lowest BCUT2D eigenvalue weighted by molar-refractivity contribution is -0.143. The molecule has 104 valence electrons. The molecule has 0 spiro atoms. The molecule has 3 heteroatoms. The number of hydrogen-bond donors (Lipinski definition) is 1. The van der Waals surface area contributed by atoms with Gasteiger partial charge in [-0.1, -0.05) is 57.8 Å². The van der Waals surface area contributed by atoms with E-state index in [4.69, 9.17) is 11.2 Å². The van der Waals surface area contributed by atoms with Crippen LogP contribution >= 0.6 is 0 Å². The third kappa shape index (κ3) is 9.07. The van der Waals surface area contributed by atoms with Gasteiger partial charge in [-0.2, -0.15) is 0 Å². The lowest BCUT2D eigenvalue weighted by atomic mass is 10.1. The molecule has 18 heavy (non-hydrogen) atoms. The molecule has 0 bridgehead atoms. The zero-order valence-electron chi connectivity index (χ0n) is 11.8. The van der Waals surface area contributed by atoms with Crippen molar-refractivity contribution in [1.29, 1.82) is 0 Å². The van der Waals surface area contributed by atoms with Crippen LogP contribution in [0.4, 0.5) is 0 Å². The molecule has 1 unspecified atom stereocenters. The fraction of sp³-hybridized carbons (Fsp3) is 0.800. The molecule has 1 atom stereocenters. The van der Waals surface area contributed by atoms with Crippen LogP contribution in [0.5, 0.6) is 0 Å². The molecule has 0 heterocycles. The van der Waals surface area contributed by atoms with Crippen LogP contribution in [0.3, 0.4) is 0 Å². The largest absolute Gasteiger partial charge is 0.468 e. The van der Waals surface area contributed by atoms with Crippen molar-refractivity contribution in [3.8, 4) is 12.3 Å². The van der Waals surface area contributed by atoms with Crippen molar-refractivity contribution >= 4 is 5.97 Å². The summed E-state index contributed by atoms with van der Waals surface area (Å²) in [5.74, 6) is 2.27. The summed E-state index contributed by atoms with van der Waals surface area (Å²) in [5, 5.41) is 3.02. The van der Waals surface area contributed by atoms with Gasteiger partial charge >= 0.3 is 5.97 Å². The van der Waals surface area contributed by atoms with E-state index in [1.807, 2.05) is 0 Å². The fourth-order valence-electron chi connectivity index (χ4n) is 1.93. The Morgan fingerprint density at radius 2 is 1.83 bits per heavy atom. The summed E-state index contributed by atoms with van der Waals surface area (Å²) in [6, 6.07) is -0.248. The summed E-state index contributed by atoms with van der Waals surface area (Å²) in [4.78, 5) is 11.5. The summed E-state index contributed by atoms with van der Waals surface area (Å²) in [7, 11) is 1.41. The first-order chi connectivity index (χ1) is 8.76. The Morgan fingerprint density at radius 3 is 2.39 bits per heavy atom. The highest BCUT2D eigenvalue weighted by Gasteiger charge is 2.16. The van der Waals surface area contributed by atoms with Crippen LogP contribution in [0.25, 0.3) is 0 Å². The molecule has 0 rings (SSSR count). The van der Waals surface area contributed by atoms with Crippen molar-refractivity contribution in [1.82, 2.24) is 5.32 Å². The predicted molar refractivity (Wildman–Crippen MR) is 75.2 cm³/mol. The third-order valence-electron chi connectivity index (χ3n) is 3.03. The maximum Gasteiger partial charge on any atom is 0.322 e. The lowest BCUT2D eigenvalue weighted by Crippen LogP contribution is -2.37. The van der Waals surface area contributed by atoms with E-state index in [2.05, 4.69) is 18.2 Å². The van der Waals surface area contributed by atoms with E-state index in [-0.39, 0.29) is 12.0 Å². The first kappa shape index (κ1) is 17.0. The number of esters is 1. The monoisotopic (exact) mass is 253 g/mol. The van der Waals surface area contributed by atoms with Crippen LogP contribution in [-0.4, -0.2) is 25.7 Å². The van der Waals surface area contributed by atoms with Crippen LogP contribution in [-0.2, 0) is 9.53 Å².